The van der Waals surface area contributed by atoms with Gasteiger partial charge in [-0.3, -0.25) is 4.79 Å². The van der Waals surface area contributed by atoms with E-state index in [4.69, 9.17) is 4.74 Å². The topological polar surface area (TPSA) is 26.3 Å². The molecule has 2 unspecified atom stereocenters. The van der Waals surface area contributed by atoms with Crippen molar-refractivity contribution in [2.24, 2.45) is 40.4 Å². The Bertz CT molecular complexity index is 628. The summed E-state index contributed by atoms with van der Waals surface area (Å²) >= 11 is 0. The summed E-state index contributed by atoms with van der Waals surface area (Å²) in [6.07, 6.45) is 17.0. The maximum absolute atomic E-state index is 11.8. The van der Waals surface area contributed by atoms with E-state index in [1.807, 2.05) is 0 Å². The number of hydrogen-bond acceptors (Lipinski definition) is 2. The van der Waals surface area contributed by atoms with Crippen molar-refractivity contribution in [2.75, 3.05) is 7.11 Å². The number of carbonyl (C=O) groups is 1. The van der Waals surface area contributed by atoms with Gasteiger partial charge in [-0.15, -0.1) is 0 Å². The van der Waals surface area contributed by atoms with Crippen molar-refractivity contribution in [2.45, 2.75) is 86.0 Å². The number of carbonyl (C=O) groups excluding carboxylic acids is 1. The van der Waals surface area contributed by atoms with Crippen LogP contribution in [-0.4, -0.2) is 13.1 Å². The van der Waals surface area contributed by atoms with Gasteiger partial charge in [0.2, 0.25) is 0 Å². The largest absolute Gasteiger partial charge is 0.469 e. The minimum atomic E-state index is -0.0365. The third-order valence-electron chi connectivity index (χ3n) is 8.33. The number of methoxy groups -OCH3 is 1. The fourth-order valence-corrected chi connectivity index (χ4v) is 6.69. The average Bonchev–Trinajstić information content (AvgIpc) is 2.62. The molecule has 6 atom stereocenters. The number of ether oxygens (including phenoxy) is 1. The third-order valence-corrected chi connectivity index (χ3v) is 8.33. The summed E-state index contributed by atoms with van der Waals surface area (Å²) in [5.41, 5.74) is 2.32. The van der Waals surface area contributed by atoms with Crippen LogP contribution in [0.1, 0.15) is 86.0 Å². The first kappa shape index (κ1) is 21.7. The first-order valence-electron chi connectivity index (χ1n) is 11.6. The van der Waals surface area contributed by atoms with Crippen LogP contribution in [-0.2, 0) is 9.53 Å². The van der Waals surface area contributed by atoms with Gasteiger partial charge in [-0.2, -0.15) is 0 Å². The van der Waals surface area contributed by atoms with Gasteiger partial charge in [-0.05, 0) is 90.9 Å². The van der Waals surface area contributed by atoms with Crippen molar-refractivity contribution in [3.8, 4) is 0 Å². The number of hydrogen-bond donors (Lipinski definition) is 0. The molecular weight excluding hydrogens is 344 g/mol. The summed E-state index contributed by atoms with van der Waals surface area (Å²) in [5.74, 6) is 3.29. The van der Waals surface area contributed by atoms with Crippen LogP contribution < -0.4 is 0 Å². The van der Waals surface area contributed by atoms with Crippen LogP contribution in [0.2, 0.25) is 0 Å². The van der Waals surface area contributed by atoms with Gasteiger partial charge < -0.3 is 4.74 Å². The van der Waals surface area contributed by atoms with Gasteiger partial charge in [0.15, 0.2) is 0 Å². The first-order valence-corrected chi connectivity index (χ1v) is 11.6. The minimum Gasteiger partial charge on any atom is -0.469 e. The maximum atomic E-state index is 11.8. The Hall–Kier alpha value is -1.05. The Morgan fingerprint density at radius 2 is 1.86 bits per heavy atom. The van der Waals surface area contributed by atoms with Gasteiger partial charge in [-0.1, -0.05) is 52.8 Å². The van der Waals surface area contributed by atoms with Gasteiger partial charge in [-0.25, -0.2) is 0 Å². The molecule has 0 spiro atoms. The molecule has 0 aromatic heterocycles. The molecule has 1 saturated carbocycles. The highest BCUT2D eigenvalue weighted by molar-refractivity contribution is 5.69. The second-order valence-electron chi connectivity index (χ2n) is 11.3. The average molecular weight is 387 g/mol. The lowest BCUT2D eigenvalue weighted by molar-refractivity contribution is -0.142. The van der Waals surface area contributed by atoms with Crippen molar-refractivity contribution < 1.29 is 9.53 Å². The van der Waals surface area contributed by atoms with E-state index in [1.54, 1.807) is 5.57 Å². The molecule has 0 aromatic carbocycles. The molecule has 0 aromatic rings. The molecule has 28 heavy (non-hydrogen) atoms. The van der Waals surface area contributed by atoms with Crippen LogP contribution in [0.5, 0.6) is 0 Å². The number of fused-ring (bicyclic) bond motifs is 1. The summed E-state index contributed by atoms with van der Waals surface area (Å²) in [6.45, 7) is 12.1. The molecule has 0 saturated heterocycles. The van der Waals surface area contributed by atoms with Crippen LogP contribution in [0.3, 0.4) is 0 Å². The van der Waals surface area contributed by atoms with E-state index < -0.39 is 0 Å². The zero-order valence-electron chi connectivity index (χ0n) is 19.1. The smallest absolute Gasteiger partial charge is 0.305 e. The molecule has 0 heterocycles. The maximum Gasteiger partial charge on any atom is 0.305 e. The third kappa shape index (κ3) is 4.74. The van der Waals surface area contributed by atoms with Crippen molar-refractivity contribution >= 4 is 5.97 Å². The Kier molecular flexibility index (Phi) is 6.47. The fourth-order valence-electron chi connectivity index (χ4n) is 6.69. The normalized spacial score (nSPS) is 39.8. The van der Waals surface area contributed by atoms with Crippen LogP contribution in [0, 0.1) is 40.4 Å². The van der Waals surface area contributed by atoms with Gasteiger partial charge in [0.1, 0.15) is 0 Å². The molecule has 3 aliphatic rings. The second-order valence-corrected chi connectivity index (χ2v) is 11.3. The lowest BCUT2D eigenvalue weighted by Crippen LogP contribution is -2.39. The summed E-state index contributed by atoms with van der Waals surface area (Å²) in [4.78, 5) is 11.8. The Labute approximate surface area is 173 Å². The van der Waals surface area contributed by atoms with Gasteiger partial charge in [0, 0.05) is 6.42 Å². The van der Waals surface area contributed by atoms with Crippen LogP contribution >= 0.6 is 0 Å². The molecule has 0 aliphatic heterocycles. The molecule has 2 heteroatoms. The predicted octanol–water partition coefficient (Wildman–Crippen LogP) is 6.96. The van der Waals surface area contributed by atoms with Gasteiger partial charge in [0.25, 0.3) is 0 Å². The Morgan fingerprint density at radius 1 is 1.14 bits per heavy atom. The standard InChI is InChI=1S/C26H42O2/c1-18-7-10-23-22(13-18)9-8-19(2)26(23,5)12-11-20-14-21(15-24(27)28-6)17-25(3,4)16-20/h8-9,13,18-21,23H,7,10-12,14-17H2,1-6H3/t18-,19+,20-,21-,23?,26?/m1/s1. The van der Waals surface area contributed by atoms with E-state index in [2.05, 4.69) is 52.8 Å². The van der Waals surface area contributed by atoms with Crippen molar-refractivity contribution in [1.82, 2.24) is 0 Å². The van der Waals surface area contributed by atoms with Crippen molar-refractivity contribution in [3.63, 3.8) is 0 Å². The van der Waals surface area contributed by atoms with Crippen molar-refractivity contribution in [3.05, 3.63) is 23.8 Å². The molecule has 0 radical (unpaired) electrons. The molecule has 0 bridgehead atoms. The van der Waals surface area contributed by atoms with Gasteiger partial charge >= 0.3 is 5.97 Å². The zero-order valence-corrected chi connectivity index (χ0v) is 19.1. The monoisotopic (exact) mass is 386 g/mol. The Balaban J connectivity index is 1.68. The van der Waals surface area contributed by atoms with E-state index in [-0.39, 0.29) is 5.97 Å². The fraction of sp³-hybridized carbons (Fsp3) is 0.808. The van der Waals surface area contributed by atoms with E-state index in [0.717, 1.165) is 24.2 Å². The SMILES string of the molecule is COC(=O)C[C@H]1C[C@@H](CCC2(C)C3CC[C@@H](C)C=C3C=C[C@@H]2C)CC(C)(C)C1. The quantitative estimate of drug-likeness (QED) is 0.477. The summed E-state index contributed by atoms with van der Waals surface area (Å²) in [5, 5.41) is 0. The number of rotatable bonds is 5. The molecule has 2 nitrogen and oxygen atoms in total. The van der Waals surface area contributed by atoms with E-state index in [0.29, 0.717) is 29.1 Å². The molecule has 158 valence electrons. The molecule has 0 N–H and O–H groups in total. The van der Waals surface area contributed by atoms with Gasteiger partial charge in [0.05, 0.1) is 7.11 Å². The molecule has 3 aliphatic carbocycles. The summed E-state index contributed by atoms with van der Waals surface area (Å²) in [7, 11) is 1.52. The summed E-state index contributed by atoms with van der Waals surface area (Å²) in [6, 6.07) is 0. The van der Waals surface area contributed by atoms with Crippen LogP contribution in [0.4, 0.5) is 0 Å². The lowest BCUT2D eigenvalue weighted by atomic mass is 9.56. The predicted molar refractivity (Wildman–Crippen MR) is 117 cm³/mol. The van der Waals surface area contributed by atoms with E-state index in [9.17, 15) is 4.79 Å². The molecule has 0 amide bonds. The second kappa shape index (κ2) is 8.36. The zero-order chi connectivity index (χ0) is 20.5. The molecule has 3 rings (SSSR count). The highest BCUT2D eigenvalue weighted by Gasteiger charge is 2.44. The van der Waals surface area contributed by atoms with E-state index in [1.165, 1.54) is 45.6 Å². The highest BCUT2D eigenvalue weighted by Crippen LogP contribution is 2.53. The Morgan fingerprint density at radius 3 is 2.57 bits per heavy atom. The lowest BCUT2D eigenvalue weighted by Gasteiger charge is -2.49. The molecular formula is C26H42O2. The first-order chi connectivity index (χ1) is 13.1. The highest BCUT2D eigenvalue weighted by atomic mass is 16.5. The number of allylic oxidation sites excluding steroid dienone is 4. The van der Waals surface area contributed by atoms with E-state index >= 15 is 0 Å². The van der Waals surface area contributed by atoms with Crippen molar-refractivity contribution in [1.29, 1.82) is 0 Å². The summed E-state index contributed by atoms with van der Waals surface area (Å²) < 4.78 is 4.96. The van der Waals surface area contributed by atoms with Crippen LogP contribution in [0.25, 0.3) is 0 Å². The minimum absolute atomic E-state index is 0.0365. The number of esters is 1. The molecule has 1 fully saturated rings. The van der Waals surface area contributed by atoms with Crippen LogP contribution in [0.15, 0.2) is 23.8 Å².